The van der Waals surface area contributed by atoms with Gasteiger partial charge in [-0.15, -0.1) is 0 Å². The lowest BCUT2D eigenvalue weighted by molar-refractivity contribution is 0.151. The van der Waals surface area contributed by atoms with Crippen LogP contribution in [0, 0.1) is 0 Å². The van der Waals surface area contributed by atoms with Gasteiger partial charge in [-0.3, -0.25) is 5.32 Å². The van der Waals surface area contributed by atoms with Gasteiger partial charge in [-0.1, -0.05) is 25.1 Å². The van der Waals surface area contributed by atoms with Crippen LogP contribution in [0.5, 0.6) is 0 Å². The number of amides is 1. The molecule has 16 heavy (non-hydrogen) atoms. The van der Waals surface area contributed by atoms with Gasteiger partial charge in [0.1, 0.15) is 0 Å². The number of benzene rings is 1. The van der Waals surface area contributed by atoms with Gasteiger partial charge in [0.15, 0.2) is 0 Å². The Morgan fingerprint density at radius 2 is 2.12 bits per heavy atom. The van der Waals surface area contributed by atoms with Gasteiger partial charge in [-0.2, -0.15) is 0 Å². The first-order valence-electron chi connectivity index (χ1n) is 5.05. The number of aliphatic imine (C=N–C) groups is 1. The van der Waals surface area contributed by atoms with E-state index in [1.807, 2.05) is 25.1 Å². The van der Waals surface area contributed by atoms with Crippen molar-refractivity contribution in [2.75, 3.05) is 6.61 Å². The van der Waals surface area contributed by atoms with E-state index >= 15 is 0 Å². The normalized spacial score (nSPS) is 10.9. The second kappa shape index (κ2) is 6.44. The molecule has 0 heterocycles. The molecular formula is C11H15N3O2. The number of rotatable bonds is 3. The van der Waals surface area contributed by atoms with Crippen molar-refractivity contribution in [3.8, 4) is 0 Å². The standard InChI is InChI=1S/C11H15N3O2/c1-2-8-16-11(15)14-10(12)13-9-6-4-3-5-7-9/h3-7H,2,8H2,1H3,(H3,12,13,14,15). The molecule has 5 heteroatoms. The summed E-state index contributed by atoms with van der Waals surface area (Å²) >= 11 is 0. The monoisotopic (exact) mass is 221 g/mol. The molecule has 0 aromatic heterocycles. The molecule has 0 aliphatic carbocycles. The van der Waals surface area contributed by atoms with Crippen LogP contribution in [0.2, 0.25) is 0 Å². The summed E-state index contributed by atoms with van der Waals surface area (Å²) in [7, 11) is 0. The van der Waals surface area contributed by atoms with Crippen molar-refractivity contribution in [3.05, 3.63) is 30.3 Å². The molecular weight excluding hydrogens is 206 g/mol. The van der Waals surface area contributed by atoms with Crippen LogP contribution in [-0.2, 0) is 4.74 Å². The lowest BCUT2D eigenvalue weighted by Crippen LogP contribution is -2.37. The average Bonchev–Trinajstić information content (AvgIpc) is 2.27. The molecule has 0 bridgehead atoms. The number of carbonyl (C=O) groups is 1. The highest BCUT2D eigenvalue weighted by atomic mass is 16.5. The van der Waals surface area contributed by atoms with Gasteiger partial charge in [-0.05, 0) is 18.6 Å². The van der Waals surface area contributed by atoms with E-state index in [1.54, 1.807) is 12.1 Å². The van der Waals surface area contributed by atoms with Crippen molar-refractivity contribution in [1.29, 1.82) is 0 Å². The summed E-state index contributed by atoms with van der Waals surface area (Å²) in [6.07, 6.45) is 0.183. The smallest absolute Gasteiger partial charge is 0.413 e. The van der Waals surface area contributed by atoms with Crippen molar-refractivity contribution in [1.82, 2.24) is 5.32 Å². The van der Waals surface area contributed by atoms with E-state index in [1.165, 1.54) is 0 Å². The largest absolute Gasteiger partial charge is 0.449 e. The molecule has 1 aromatic carbocycles. The fourth-order valence-electron chi connectivity index (χ4n) is 1.00. The zero-order valence-corrected chi connectivity index (χ0v) is 9.14. The molecule has 0 aliphatic heterocycles. The van der Waals surface area contributed by atoms with Crippen molar-refractivity contribution in [3.63, 3.8) is 0 Å². The second-order valence-corrected chi connectivity index (χ2v) is 3.09. The minimum absolute atomic E-state index is 0.0207. The maximum Gasteiger partial charge on any atom is 0.413 e. The summed E-state index contributed by atoms with van der Waals surface area (Å²) in [4.78, 5) is 15.1. The maximum absolute atomic E-state index is 11.1. The van der Waals surface area contributed by atoms with Crippen LogP contribution in [0.15, 0.2) is 35.3 Å². The molecule has 0 saturated heterocycles. The first-order chi connectivity index (χ1) is 7.72. The first-order valence-corrected chi connectivity index (χ1v) is 5.05. The SMILES string of the molecule is CCCOC(=O)NC(N)=Nc1ccccc1. The summed E-state index contributed by atoms with van der Waals surface area (Å²) in [5.41, 5.74) is 6.19. The van der Waals surface area contributed by atoms with E-state index in [0.717, 1.165) is 6.42 Å². The summed E-state index contributed by atoms with van der Waals surface area (Å²) in [6, 6.07) is 9.11. The van der Waals surface area contributed by atoms with Crippen molar-refractivity contribution in [2.24, 2.45) is 10.7 Å². The fraction of sp³-hybridized carbons (Fsp3) is 0.273. The van der Waals surface area contributed by atoms with Crippen LogP contribution in [0.3, 0.4) is 0 Å². The van der Waals surface area contributed by atoms with E-state index in [4.69, 9.17) is 10.5 Å². The quantitative estimate of drug-likeness (QED) is 0.603. The van der Waals surface area contributed by atoms with E-state index < -0.39 is 6.09 Å². The van der Waals surface area contributed by atoms with Crippen molar-refractivity contribution >= 4 is 17.7 Å². The third kappa shape index (κ3) is 4.45. The molecule has 0 saturated carbocycles. The molecule has 5 nitrogen and oxygen atoms in total. The van der Waals surface area contributed by atoms with Crippen LogP contribution in [0.4, 0.5) is 10.5 Å². The first kappa shape index (κ1) is 12.0. The second-order valence-electron chi connectivity index (χ2n) is 3.09. The van der Waals surface area contributed by atoms with Crippen molar-refractivity contribution in [2.45, 2.75) is 13.3 Å². The van der Waals surface area contributed by atoms with Gasteiger partial charge in [0.2, 0.25) is 5.96 Å². The number of ether oxygens (including phenoxy) is 1. The van der Waals surface area contributed by atoms with Gasteiger partial charge >= 0.3 is 6.09 Å². The molecule has 3 N–H and O–H groups in total. The predicted molar refractivity (Wildman–Crippen MR) is 62.5 cm³/mol. The third-order valence-corrected chi connectivity index (χ3v) is 1.67. The van der Waals surface area contributed by atoms with Crippen LogP contribution < -0.4 is 11.1 Å². The lowest BCUT2D eigenvalue weighted by Gasteiger charge is -2.04. The Kier molecular flexibility index (Phi) is 4.85. The molecule has 0 radical (unpaired) electrons. The molecule has 1 rings (SSSR count). The molecule has 0 fully saturated rings. The van der Waals surface area contributed by atoms with Gasteiger partial charge in [0, 0.05) is 0 Å². The third-order valence-electron chi connectivity index (χ3n) is 1.67. The molecule has 1 aromatic rings. The van der Waals surface area contributed by atoms with Crippen LogP contribution in [0.25, 0.3) is 0 Å². The zero-order chi connectivity index (χ0) is 11.8. The van der Waals surface area contributed by atoms with Gasteiger partial charge in [0.25, 0.3) is 0 Å². The Balaban J connectivity index is 2.49. The number of nitrogens with two attached hydrogens (primary N) is 1. The van der Waals surface area contributed by atoms with Gasteiger partial charge in [0.05, 0.1) is 12.3 Å². The average molecular weight is 221 g/mol. The van der Waals surface area contributed by atoms with E-state index in [-0.39, 0.29) is 5.96 Å². The number of guanidine groups is 1. The number of nitrogens with zero attached hydrogens (tertiary/aromatic N) is 1. The number of hydrogen-bond donors (Lipinski definition) is 2. The van der Waals surface area contributed by atoms with E-state index in [9.17, 15) is 4.79 Å². The number of hydrogen-bond acceptors (Lipinski definition) is 3. The lowest BCUT2D eigenvalue weighted by atomic mass is 10.3. The Morgan fingerprint density at radius 1 is 1.44 bits per heavy atom. The molecule has 86 valence electrons. The Morgan fingerprint density at radius 3 is 2.75 bits per heavy atom. The van der Waals surface area contributed by atoms with Gasteiger partial charge < -0.3 is 10.5 Å². The van der Waals surface area contributed by atoms with Crippen LogP contribution >= 0.6 is 0 Å². The zero-order valence-electron chi connectivity index (χ0n) is 9.14. The Bertz CT molecular complexity index is 363. The summed E-state index contributed by atoms with van der Waals surface area (Å²) in [5.74, 6) is 0.0207. The maximum atomic E-state index is 11.1. The molecule has 0 spiro atoms. The number of para-hydroxylation sites is 1. The molecule has 0 aliphatic rings. The van der Waals surface area contributed by atoms with Crippen LogP contribution in [0.1, 0.15) is 13.3 Å². The minimum Gasteiger partial charge on any atom is -0.449 e. The van der Waals surface area contributed by atoms with Crippen molar-refractivity contribution < 1.29 is 9.53 Å². The minimum atomic E-state index is -0.584. The molecule has 1 amide bonds. The molecule has 0 unspecified atom stereocenters. The highest BCUT2D eigenvalue weighted by Gasteiger charge is 2.02. The van der Waals surface area contributed by atoms with Crippen LogP contribution in [-0.4, -0.2) is 18.7 Å². The highest BCUT2D eigenvalue weighted by Crippen LogP contribution is 2.08. The predicted octanol–water partition coefficient (Wildman–Crippen LogP) is 1.77. The Hall–Kier alpha value is -2.04. The summed E-state index contributed by atoms with van der Waals surface area (Å²) < 4.78 is 4.79. The number of nitrogens with one attached hydrogen (secondary N) is 1. The number of carbonyl (C=O) groups excluding carboxylic acids is 1. The summed E-state index contributed by atoms with van der Waals surface area (Å²) in [6.45, 7) is 2.28. The summed E-state index contributed by atoms with van der Waals surface area (Å²) in [5, 5.41) is 2.33. The Labute approximate surface area is 94.3 Å². The van der Waals surface area contributed by atoms with E-state index in [0.29, 0.717) is 12.3 Å². The highest BCUT2D eigenvalue weighted by molar-refractivity contribution is 5.94. The van der Waals surface area contributed by atoms with Gasteiger partial charge in [-0.25, -0.2) is 9.79 Å². The number of alkyl carbamates (subject to hydrolysis) is 1. The van der Waals surface area contributed by atoms with E-state index in [2.05, 4.69) is 10.3 Å². The molecule has 0 atom stereocenters. The topological polar surface area (TPSA) is 76.7 Å². The fourth-order valence-corrected chi connectivity index (χ4v) is 1.00.